The highest BCUT2D eigenvalue weighted by Crippen LogP contribution is 2.38. The van der Waals surface area contributed by atoms with E-state index in [2.05, 4.69) is 4.57 Å². The van der Waals surface area contributed by atoms with Crippen molar-refractivity contribution in [2.24, 2.45) is 17.5 Å². The van der Waals surface area contributed by atoms with E-state index in [4.69, 9.17) is 44.5 Å². The SMILES string of the molecule is CN(N)/C(=C(\N)Cl)c1cnc2c3cc(Cl)c(C(C)(C)O)cc3n(CC3CCOCC3)c2c1. The minimum absolute atomic E-state index is 0.0931. The molecule has 3 heterocycles. The Labute approximate surface area is 197 Å². The second-order valence-electron chi connectivity index (χ2n) is 8.97. The molecule has 1 aliphatic heterocycles. The number of benzene rings is 1. The van der Waals surface area contributed by atoms with Crippen molar-refractivity contribution in [1.29, 1.82) is 0 Å². The summed E-state index contributed by atoms with van der Waals surface area (Å²) < 4.78 is 7.80. The number of nitrogens with two attached hydrogens (primary N) is 2. The van der Waals surface area contributed by atoms with Crippen molar-refractivity contribution >= 4 is 50.8 Å². The summed E-state index contributed by atoms with van der Waals surface area (Å²) in [5.74, 6) is 6.45. The highest BCUT2D eigenvalue weighted by molar-refractivity contribution is 6.33. The van der Waals surface area contributed by atoms with Crippen molar-refractivity contribution in [3.05, 3.63) is 45.7 Å². The minimum atomic E-state index is -1.07. The summed E-state index contributed by atoms with van der Waals surface area (Å²) in [5, 5.41) is 13.6. The van der Waals surface area contributed by atoms with Crippen LogP contribution in [0.4, 0.5) is 0 Å². The van der Waals surface area contributed by atoms with E-state index in [0.717, 1.165) is 60.1 Å². The highest BCUT2D eigenvalue weighted by atomic mass is 35.5. The monoisotopic (exact) mass is 477 g/mol. The standard InChI is InChI=1S/C23H29Cl2N5O2/c1-23(2,31)16-10-18-15(9-17(16)24)20-19(30(18)12-13-4-6-32-7-5-13)8-14(11-28-20)21(22(25)26)29(3)27/h8-11,13,31H,4-7,12,26-27H2,1-3H3/b22-21-. The first-order valence-corrected chi connectivity index (χ1v) is 11.4. The smallest absolute Gasteiger partial charge is 0.125 e. The Hall–Kier alpha value is -2.03. The Morgan fingerprint density at radius 2 is 1.97 bits per heavy atom. The molecule has 5 N–H and O–H groups in total. The molecule has 0 unspecified atom stereocenters. The first kappa shape index (κ1) is 23.1. The third-order valence-corrected chi connectivity index (χ3v) is 6.57. The maximum Gasteiger partial charge on any atom is 0.125 e. The van der Waals surface area contributed by atoms with Crippen molar-refractivity contribution in [1.82, 2.24) is 14.6 Å². The van der Waals surface area contributed by atoms with E-state index < -0.39 is 5.60 Å². The first-order chi connectivity index (χ1) is 15.1. The van der Waals surface area contributed by atoms with Gasteiger partial charge in [-0.25, -0.2) is 5.84 Å². The van der Waals surface area contributed by atoms with Crippen molar-refractivity contribution < 1.29 is 9.84 Å². The summed E-state index contributed by atoms with van der Waals surface area (Å²) >= 11 is 12.7. The van der Waals surface area contributed by atoms with Gasteiger partial charge < -0.3 is 25.2 Å². The quantitative estimate of drug-likeness (QED) is 0.290. The molecule has 172 valence electrons. The summed E-state index contributed by atoms with van der Waals surface area (Å²) in [6.45, 7) is 5.80. The molecule has 0 bridgehead atoms. The molecule has 1 aliphatic rings. The maximum atomic E-state index is 10.7. The summed E-state index contributed by atoms with van der Waals surface area (Å²) in [4.78, 5) is 4.74. The van der Waals surface area contributed by atoms with Gasteiger partial charge in [0, 0.05) is 54.5 Å². The van der Waals surface area contributed by atoms with Gasteiger partial charge in [0.1, 0.15) is 5.16 Å². The zero-order chi connectivity index (χ0) is 23.2. The number of aliphatic hydroxyl groups is 1. The number of nitrogens with zero attached hydrogens (tertiary/aromatic N) is 3. The number of hydrogen-bond acceptors (Lipinski definition) is 6. The second-order valence-corrected chi connectivity index (χ2v) is 9.79. The molecule has 0 atom stereocenters. The van der Waals surface area contributed by atoms with Crippen LogP contribution in [0.3, 0.4) is 0 Å². The first-order valence-electron chi connectivity index (χ1n) is 10.6. The number of rotatable bonds is 5. The Morgan fingerprint density at radius 1 is 1.28 bits per heavy atom. The van der Waals surface area contributed by atoms with Crippen LogP contribution in [-0.4, -0.2) is 39.9 Å². The average molecular weight is 478 g/mol. The molecule has 1 aromatic carbocycles. The summed E-state index contributed by atoms with van der Waals surface area (Å²) in [5.41, 5.74) is 9.45. The number of pyridine rings is 1. The van der Waals surface area contributed by atoms with Gasteiger partial charge in [0.2, 0.25) is 0 Å². The molecule has 0 spiro atoms. The molecule has 0 aliphatic carbocycles. The molecule has 32 heavy (non-hydrogen) atoms. The lowest BCUT2D eigenvalue weighted by Crippen LogP contribution is -2.26. The lowest BCUT2D eigenvalue weighted by Gasteiger charge is -2.24. The van der Waals surface area contributed by atoms with E-state index in [-0.39, 0.29) is 5.16 Å². The van der Waals surface area contributed by atoms with Crippen molar-refractivity contribution in [2.75, 3.05) is 20.3 Å². The zero-order valence-corrected chi connectivity index (χ0v) is 20.0. The molecule has 1 saturated heterocycles. The lowest BCUT2D eigenvalue weighted by atomic mass is 9.97. The molecule has 3 aromatic rings. The molecule has 7 nitrogen and oxygen atoms in total. The van der Waals surface area contributed by atoms with Gasteiger partial charge in [-0.3, -0.25) is 4.98 Å². The average Bonchev–Trinajstić information content (AvgIpc) is 2.99. The molecular formula is C23H29Cl2N5O2. The van der Waals surface area contributed by atoms with Gasteiger partial charge in [-0.2, -0.15) is 0 Å². The van der Waals surface area contributed by atoms with Crippen LogP contribution >= 0.6 is 23.2 Å². The van der Waals surface area contributed by atoms with E-state index in [1.54, 1.807) is 27.1 Å². The van der Waals surface area contributed by atoms with Crippen molar-refractivity contribution in [3.8, 4) is 0 Å². The van der Waals surface area contributed by atoms with E-state index in [9.17, 15) is 5.11 Å². The largest absolute Gasteiger partial charge is 0.388 e. The molecule has 0 amide bonds. The molecule has 0 saturated carbocycles. The van der Waals surface area contributed by atoms with Crippen LogP contribution in [0, 0.1) is 5.92 Å². The number of hydrogen-bond donors (Lipinski definition) is 3. The number of halogens is 2. The third-order valence-electron chi connectivity index (χ3n) is 6.08. The van der Waals surface area contributed by atoms with Crippen LogP contribution in [0.1, 0.15) is 37.8 Å². The van der Waals surface area contributed by atoms with Crippen molar-refractivity contribution in [2.45, 2.75) is 38.8 Å². The van der Waals surface area contributed by atoms with Gasteiger partial charge in [0.15, 0.2) is 0 Å². The molecule has 0 radical (unpaired) electrons. The third kappa shape index (κ3) is 4.28. The number of hydrazine groups is 1. The van der Waals surface area contributed by atoms with Gasteiger partial charge in [-0.15, -0.1) is 0 Å². The van der Waals surface area contributed by atoms with E-state index in [0.29, 0.717) is 22.2 Å². The molecule has 1 fully saturated rings. The molecular weight excluding hydrogens is 449 g/mol. The lowest BCUT2D eigenvalue weighted by molar-refractivity contribution is 0.0619. The highest BCUT2D eigenvalue weighted by Gasteiger charge is 2.25. The van der Waals surface area contributed by atoms with Gasteiger partial charge in [0.25, 0.3) is 0 Å². The number of ether oxygens (including phenoxy) is 1. The predicted octanol–water partition coefficient (Wildman–Crippen LogP) is 4.13. The van der Waals surface area contributed by atoms with Gasteiger partial charge in [0.05, 0.1) is 27.8 Å². The Balaban J connectivity index is 1.99. The summed E-state index contributed by atoms with van der Waals surface area (Å²) in [7, 11) is 1.68. The van der Waals surface area contributed by atoms with Crippen LogP contribution < -0.4 is 11.6 Å². The maximum absolute atomic E-state index is 10.7. The zero-order valence-electron chi connectivity index (χ0n) is 18.5. The predicted molar refractivity (Wildman–Crippen MR) is 130 cm³/mol. The fraction of sp³-hybridized carbons (Fsp3) is 0.435. The second kappa shape index (κ2) is 8.72. The molecule has 9 heteroatoms. The molecule has 2 aromatic heterocycles. The van der Waals surface area contributed by atoms with Crippen LogP contribution in [0.15, 0.2) is 29.6 Å². The van der Waals surface area contributed by atoms with Gasteiger partial charge in [-0.1, -0.05) is 23.2 Å². The number of aromatic nitrogens is 2. The Morgan fingerprint density at radius 3 is 2.56 bits per heavy atom. The summed E-state index contributed by atoms with van der Waals surface area (Å²) in [6, 6.07) is 5.87. The van der Waals surface area contributed by atoms with Crippen LogP contribution in [-0.2, 0) is 16.9 Å². The van der Waals surface area contributed by atoms with E-state index >= 15 is 0 Å². The molecule has 4 rings (SSSR count). The minimum Gasteiger partial charge on any atom is -0.388 e. The van der Waals surface area contributed by atoms with Crippen molar-refractivity contribution in [3.63, 3.8) is 0 Å². The van der Waals surface area contributed by atoms with E-state index in [1.807, 2.05) is 18.2 Å². The normalized spacial score (nSPS) is 16.6. The Bertz CT molecular complexity index is 1190. The van der Waals surface area contributed by atoms with E-state index in [1.165, 1.54) is 5.01 Å². The van der Waals surface area contributed by atoms with Gasteiger partial charge in [-0.05, 0) is 50.8 Å². The topological polar surface area (TPSA) is 103 Å². The van der Waals surface area contributed by atoms with Crippen LogP contribution in [0.2, 0.25) is 5.02 Å². The van der Waals surface area contributed by atoms with Crippen LogP contribution in [0.5, 0.6) is 0 Å². The summed E-state index contributed by atoms with van der Waals surface area (Å²) in [6.07, 6.45) is 3.70. The van der Waals surface area contributed by atoms with Crippen LogP contribution in [0.25, 0.3) is 27.6 Å². The number of fused-ring (bicyclic) bond motifs is 3. The van der Waals surface area contributed by atoms with Gasteiger partial charge >= 0.3 is 0 Å². The fourth-order valence-electron chi connectivity index (χ4n) is 4.46. The fourth-order valence-corrected chi connectivity index (χ4v) is 5.10. The Kier molecular flexibility index (Phi) is 6.31.